The molecule has 1 aromatic rings. The van der Waals surface area contributed by atoms with E-state index in [9.17, 15) is 10.2 Å². The van der Waals surface area contributed by atoms with Gasteiger partial charge in [-0.1, -0.05) is 48.6 Å². The van der Waals surface area contributed by atoms with E-state index in [1.54, 1.807) is 24.3 Å². The van der Waals surface area contributed by atoms with Crippen molar-refractivity contribution in [3.63, 3.8) is 0 Å². The molecule has 1 aromatic carbocycles. The fraction of sp³-hybridized carbons (Fsp3) is 0.286. The quantitative estimate of drug-likeness (QED) is 0.763. The van der Waals surface area contributed by atoms with Crippen LogP contribution in [-0.2, 0) is 0 Å². The lowest BCUT2D eigenvalue weighted by molar-refractivity contribution is 0.0431. The molecule has 0 fully saturated rings. The smallest absolute Gasteiger partial charge is 0.109 e. The van der Waals surface area contributed by atoms with E-state index in [1.807, 2.05) is 38.1 Å². The highest BCUT2D eigenvalue weighted by molar-refractivity contribution is 5.28. The normalized spacial score (nSPS) is 16.4. The maximum Gasteiger partial charge on any atom is 0.109 e. The van der Waals surface area contributed by atoms with Gasteiger partial charge in [-0.3, -0.25) is 0 Å². The van der Waals surface area contributed by atoms with Crippen LogP contribution in [0, 0.1) is 0 Å². The fourth-order valence-corrected chi connectivity index (χ4v) is 1.57. The van der Waals surface area contributed by atoms with Crippen LogP contribution in [0.1, 0.15) is 25.5 Å². The summed E-state index contributed by atoms with van der Waals surface area (Å²) in [4.78, 5) is 0. The number of hydrogen-bond acceptors (Lipinski definition) is 2. The molecule has 0 saturated heterocycles. The molecule has 0 saturated carbocycles. The first kappa shape index (κ1) is 12.7. The first-order valence-electron chi connectivity index (χ1n) is 5.40. The Kier molecular flexibility index (Phi) is 4.96. The summed E-state index contributed by atoms with van der Waals surface area (Å²) >= 11 is 0. The fourth-order valence-electron chi connectivity index (χ4n) is 1.57. The number of rotatable bonds is 4. The second-order valence-corrected chi connectivity index (χ2v) is 3.59. The van der Waals surface area contributed by atoms with E-state index in [-0.39, 0.29) is 0 Å². The van der Waals surface area contributed by atoms with Gasteiger partial charge in [-0.15, -0.1) is 0 Å². The summed E-state index contributed by atoms with van der Waals surface area (Å²) in [6, 6.07) is 9.17. The Morgan fingerprint density at radius 1 is 1.12 bits per heavy atom. The number of allylic oxidation sites excluding steroid dienone is 2. The number of benzene rings is 1. The van der Waals surface area contributed by atoms with Crippen LogP contribution >= 0.6 is 0 Å². The number of aliphatic hydroxyl groups excluding tert-OH is 2. The molecule has 0 bridgehead atoms. The number of aliphatic hydroxyl groups is 2. The van der Waals surface area contributed by atoms with Crippen LogP contribution in [0.25, 0.3) is 0 Å². The molecule has 0 heterocycles. The first-order chi connectivity index (χ1) is 7.70. The molecule has 86 valence electrons. The molecule has 16 heavy (non-hydrogen) atoms. The summed E-state index contributed by atoms with van der Waals surface area (Å²) in [6.45, 7) is 3.72. The minimum absolute atomic E-state index is 0.721. The lowest BCUT2D eigenvalue weighted by Gasteiger charge is -2.19. The topological polar surface area (TPSA) is 40.5 Å². The zero-order chi connectivity index (χ0) is 12.0. The molecule has 2 N–H and O–H groups in total. The third-order valence-corrected chi connectivity index (χ3v) is 2.47. The van der Waals surface area contributed by atoms with Gasteiger partial charge in [-0.05, 0) is 25.0 Å². The Morgan fingerprint density at radius 3 is 2.25 bits per heavy atom. The monoisotopic (exact) mass is 218 g/mol. The summed E-state index contributed by atoms with van der Waals surface area (Å²) in [6.07, 6.45) is 3.68. The molecule has 1 rings (SSSR count). The summed E-state index contributed by atoms with van der Waals surface area (Å²) in [5, 5.41) is 20.0. The SMILES string of the molecule is C/C=C\C(=C/C)C(O)C(O)c1ccccc1. The maximum atomic E-state index is 9.99. The van der Waals surface area contributed by atoms with E-state index in [0.717, 1.165) is 11.1 Å². The summed E-state index contributed by atoms with van der Waals surface area (Å²) < 4.78 is 0. The molecule has 0 aromatic heterocycles. The van der Waals surface area contributed by atoms with Gasteiger partial charge in [0.2, 0.25) is 0 Å². The zero-order valence-corrected chi connectivity index (χ0v) is 9.67. The van der Waals surface area contributed by atoms with Gasteiger partial charge in [-0.25, -0.2) is 0 Å². The molecule has 2 heteroatoms. The van der Waals surface area contributed by atoms with E-state index < -0.39 is 12.2 Å². The van der Waals surface area contributed by atoms with Crippen LogP contribution < -0.4 is 0 Å². The van der Waals surface area contributed by atoms with Crippen LogP contribution in [0.15, 0.2) is 54.1 Å². The maximum absolute atomic E-state index is 9.99. The average Bonchev–Trinajstić information content (AvgIpc) is 2.35. The van der Waals surface area contributed by atoms with Crippen LogP contribution in [-0.4, -0.2) is 16.3 Å². The van der Waals surface area contributed by atoms with Crippen molar-refractivity contribution in [2.24, 2.45) is 0 Å². The minimum atomic E-state index is -0.886. The molecule has 0 aliphatic heterocycles. The van der Waals surface area contributed by atoms with E-state index >= 15 is 0 Å². The Morgan fingerprint density at radius 2 is 1.75 bits per heavy atom. The van der Waals surface area contributed by atoms with Gasteiger partial charge in [0.05, 0.1) is 0 Å². The van der Waals surface area contributed by atoms with Crippen LogP contribution in [0.3, 0.4) is 0 Å². The third kappa shape index (κ3) is 3.05. The predicted octanol–water partition coefficient (Wildman–Crippen LogP) is 2.60. The van der Waals surface area contributed by atoms with Gasteiger partial charge in [0, 0.05) is 0 Å². The van der Waals surface area contributed by atoms with E-state index in [2.05, 4.69) is 0 Å². The zero-order valence-electron chi connectivity index (χ0n) is 9.67. The molecule has 0 radical (unpaired) electrons. The van der Waals surface area contributed by atoms with Crippen molar-refractivity contribution in [2.75, 3.05) is 0 Å². The Bertz CT molecular complexity index is 366. The second-order valence-electron chi connectivity index (χ2n) is 3.59. The van der Waals surface area contributed by atoms with Gasteiger partial charge in [-0.2, -0.15) is 0 Å². The lowest BCUT2D eigenvalue weighted by Crippen LogP contribution is -2.19. The second kappa shape index (κ2) is 6.26. The lowest BCUT2D eigenvalue weighted by atomic mass is 9.98. The van der Waals surface area contributed by atoms with E-state index in [0.29, 0.717) is 0 Å². The molecular formula is C14H18O2. The Hall–Kier alpha value is -1.38. The van der Waals surface area contributed by atoms with Crippen molar-refractivity contribution < 1.29 is 10.2 Å². The molecule has 2 atom stereocenters. The highest BCUT2D eigenvalue weighted by atomic mass is 16.3. The molecule has 0 spiro atoms. The average molecular weight is 218 g/mol. The van der Waals surface area contributed by atoms with Crippen molar-refractivity contribution in [3.05, 3.63) is 59.7 Å². The molecule has 2 nitrogen and oxygen atoms in total. The van der Waals surface area contributed by atoms with Crippen molar-refractivity contribution in [1.82, 2.24) is 0 Å². The summed E-state index contributed by atoms with van der Waals surface area (Å²) in [7, 11) is 0. The van der Waals surface area contributed by atoms with Gasteiger partial charge in [0.1, 0.15) is 12.2 Å². The Labute approximate surface area is 96.6 Å². The predicted molar refractivity (Wildman–Crippen MR) is 66.0 cm³/mol. The van der Waals surface area contributed by atoms with Gasteiger partial charge in [0.25, 0.3) is 0 Å². The highest BCUT2D eigenvalue weighted by Crippen LogP contribution is 2.22. The standard InChI is InChI=1S/C14H18O2/c1-3-8-11(4-2)13(15)14(16)12-9-6-5-7-10-12/h3-10,13-16H,1-2H3/b8-3-,11-4+. The van der Waals surface area contributed by atoms with Crippen molar-refractivity contribution in [3.8, 4) is 0 Å². The van der Waals surface area contributed by atoms with Crippen LogP contribution in [0.4, 0.5) is 0 Å². The summed E-state index contributed by atoms with van der Waals surface area (Å²) in [5.74, 6) is 0. The van der Waals surface area contributed by atoms with Crippen molar-refractivity contribution >= 4 is 0 Å². The van der Waals surface area contributed by atoms with Crippen LogP contribution in [0.2, 0.25) is 0 Å². The van der Waals surface area contributed by atoms with Crippen molar-refractivity contribution in [2.45, 2.75) is 26.1 Å². The van der Waals surface area contributed by atoms with Crippen molar-refractivity contribution in [1.29, 1.82) is 0 Å². The van der Waals surface area contributed by atoms with E-state index in [4.69, 9.17) is 0 Å². The highest BCUT2D eigenvalue weighted by Gasteiger charge is 2.19. The molecule has 0 aliphatic carbocycles. The molecule has 0 aliphatic rings. The Balaban J connectivity index is 2.86. The molecule has 2 unspecified atom stereocenters. The van der Waals surface area contributed by atoms with Gasteiger partial charge < -0.3 is 10.2 Å². The van der Waals surface area contributed by atoms with Gasteiger partial charge >= 0.3 is 0 Å². The minimum Gasteiger partial charge on any atom is -0.385 e. The first-order valence-corrected chi connectivity index (χ1v) is 5.40. The molecular weight excluding hydrogens is 200 g/mol. The van der Waals surface area contributed by atoms with E-state index in [1.165, 1.54) is 0 Å². The van der Waals surface area contributed by atoms with Gasteiger partial charge in [0.15, 0.2) is 0 Å². The molecule has 0 amide bonds. The number of hydrogen-bond donors (Lipinski definition) is 2. The summed E-state index contributed by atoms with van der Waals surface area (Å²) in [5.41, 5.74) is 1.44. The third-order valence-electron chi connectivity index (χ3n) is 2.47. The largest absolute Gasteiger partial charge is 0.385 e. The van der Waals surface area contributed by atoms with Crippen LogP contribution in [0.5, 0.6) is 0 Å².